The van der Waals surface area contributed by atoms with Crippen molar-refractivity contribution in [1.82, 2.24) is 4.68 Å². The zero-order valence-electron chi connectivity index (χ0n) is 33.9. The first-order chi connectivity index (χ1) is 27.9. The van der Waals surface area contributed by atoms with Crippen molar-refractivity contribution >= 4 is 43.6 Å². The van der Waals surface area contributed by atoms with Crippen LogP contribution in [0.5, 0.6) is 0 Å². The highest BCUT2D eigenvalue weighted by molar-refractivity contribution is 7.47. The Morgan fingerprint density at radius 2 is 1.62 bits per heavy atom. The van der Waals surface area contributed by atoms with Crippen LogP contribution >= 0.6 is 31.0 Å². The summed E-state index contributed by atoms with van der Waals surface area (Å²) in [5.41, 5.74) is 2.51. The van der Waals surface area contributed by atoms with Crippen molar-refractivity contribution in [2.75, 3.05) is 26.9 Å². The normalized spacial score (nSPS) is 24.3. The fraction of sp³-hybridized carbons (Fsp3) is 0.683. The number of nitriles is 1. The molecule has 0 radical (unpaired) electrons. The van der Waals surface area contributed by atoms with Gasteiger partial charge >= 0.3 is 7.82 Å². The number of aliphatic hydroxyl groups is 2. The summed E-state index contributed by atoms with van der Waals surface area (Å²) in [6.07, 6.45) is 14.7. The van der Waals surface area contributed by atoms with Crippen LogP contribution in [0.2, 0.25) is 10.0 Å². The molecule has 5 N–H and O–H groups in total. The van der Waals surface area contributed by atoms with Gasteiger partial charge < -0.3 is 35.1 Å². The third kappa shape index (κ3) is 12.8. The van der Waals surface area contributed by atoms with Crippen LogP contribution in [0, 0.1) is 11.3 Å². The summed E-state index contributed by atoms with van der Waals surface area (Å²) in [4.78, 5) is 14.6. The number of nitrogens with two attached hydrogens (primary N) is 1. The maximum atomic E-state index is 13.2. The van der Waals surface area contributed by atoms with Gasteiger partial charge in [-0.1, -0.05) is 133 Å². The molecule has 58 heavy (non-hydrogen) atoms. The van der Waals surface area contributed by atoms with Crippen LogP contribution in [-0.4, -0.2) is 89.2 Å². The Bertz CT molecular complexity index is 1730. The van der Waals surface area contributed by atoms with Gasteiger partial charge in [0.1, 0.15) is 42.0 Å². The molecule has 2 fully saturated rings. The van der Waals surface area contributed by atoms with Gasteiger partial charge in [-0.25, -0.2) is 9.24 Å². The van der Waals surface area contributed by atoms with Gasteiger partial charge in [0.15, 0.2) is 5.60 Å². The second-order valence-corrected chi connectivity index (χ2v) is 17.4. The first kappa shape index (κ1) is 48.3. The number of aliphatic imine (C=N–C) groups is 1. The van der Waals surface area contributed by atoms with E-state index in [1.807, 2.05) is 6.07 Å². The van der Waals surface area contributed by atoms with E-state index in [9.17, 15) is 24.9 Å². The monoisotopic (exact) mass is 869 g/mol. The number of benzene rings is 1. The second-order valence-electron chi connectivity index (χ2n) is 15.2. The number of aromatic nitrogens is 1. The maximum Gasteiger partial charge on any atom is 0.472 e. The van der Waals surface area contributed by atoms with Crippen molar-refractivity contribution in [1.29, 1.82) is 5.26 Å². The van der Waals surface area contributed by atoms with Crippen LogP contribution in [0.15, 0.2) is 40.4 Å². The molecule has 1 saturated carbocycles. The molecule has 0 spiro atoms. The molecule has 4 rings (SSSR count). The topological polar surface area (TPSA) is 203 Å². The summed E-state index contributed by atoms with van der Waals surface area (Å²) < 4.78 is 42.7. The Labute approximate surface area is 353 Å². The minimum Gasteiger partial charge on any atom is -0.385 e. The highest BCUT2D eigenvalue weighted by atomic mass is 35.5. The number of unbranched alkanes of at least 4 members (excludes halogenated alkanes) is 15. The molecule has 1 aliphatic heterocycles. The van der Waals surface area contributed by atoms with Gasteiger partial charge in [0.2, 0.25) is 5.60 Å². The molecule has 1 aliphatic carbocycles. The SMILES string of the molecule is C=Nn1c(/C(N)=N\C)ccc1[C@]1(C#N)O[C@@H]2C(OP(=O)(O)OC[C@@H](COCCCCCCCCCCCCCCCCCC)OCc3ccc(Cl)cc3Cl)[C@]2(O)[C@H]1O. The second kappa shape index (κ2) is 23.6. The molecular weight excluding hydrogens is 808 g/mol. The third-order valence-electron chi connectivity index (χ3n) is 10.9. The number of aliphatic hydroxyl groups excluding tert-OH is 1. The molecule has 2 unspecified atom stereocenters. The van der Waals surface area contributed by atoms with Crippen molar-refractivity contribution in [3.63, 3.8) is 0 Å². The highest BCUT2D eigenvalue weighted by Crippen LogP contribution is 2.63. The predicted octanol–water partition coefficient (Wildman–Crippen LogP) is 8.18. The molecule has 2 aliphatic rings. The Morgan fingerprint density at radius 3 is 2.14 bits per heavy atom. The number of halogens is 2. The molecule has 7 atom stereocenters. The van der Waals surface area contributed by atoms with Crippen molar-refractivity contribution < 1.29 is 42.9 Å². The molecule has 324 valence electrons. The zero-order chi connectivity index (χ0) is 42.2. The van der Waals surface area contributed by atoms with E-state index in [4.69, 9.17) is 52.2 Å². The van der Waals surface area contributed by atoms with Gasteiger partial charge in [-0.2, -0.15) is 10.4 Å². The van der Waals surface area contributed by atoms with Gasteiger partial charge in [0, 0.05) is 30.4 Å². The Hall–Kier alpha value is -2.38. The van der Waals surface area contributed by atoms with Gasteiger partial charge in [0.25, 0.3) is 0 Å². The van der Waals surface area contributed by atoms with E-state index in [1.165, 1.54) is 107 Å². The summed E-state index contributed by atoms with van der Waals surface area (Å²) in [5, 5.41) is 37.6. The van der Waals surface area contributed by atoms with Gasteiger partial charge in [-0.05, 0) is 36.2 Å². The molecule has 2 aromatic rings. The third-order valence-corrected chi connectivity index (χ3v) is 12.4. The van der Waals surface area contributed by atoms with Crippen LogP contribution in [0.3, 0.4) is 0 Å². The lowest BCUT2D eigenvalue weighted by molar-refractivity contribution is -0.107. The van der Waals surface area contributed by atoms with E-state index in [-0.39, 0.29) is 30.4 Å². The Kier molecular flexibility index (Phi) is 19.6. The van der Waals surface area contributed by atoms with E-state index < -0.39 is 50.0 Å². The van der Waals surface area contributed by atoms with Crippen LogP contribution in [-0.2, 0) is 40.0 Å². The fourth-order valence-corrected chi connectivity index (χ4v) is 8.80. The minimum atomic E-state index is -4.88. The first-order valence-corrected chi connectivity index (χ1v) is 22.8. The first-order valence-electron chi connectivity index (χ1n) is 20.6. The molecule has 0 bridgehead atoms. The van der Waals surface area contributed by atoms with Gasteiger partial charge in [-0.15, -0.1) is 0 Å². The van der Waals surface area contributed by atoms with Gasteiger partial charge in [0.05, 0.1) is 25.5 Å². The van der Waals surface area contributed by atoms with Gasteiger partial charge in [-0.3, -0.25) is 14.0 Å². The van der Waals surface area contributed by atoms with E-state index in [2.05, 4.69) is 23.7 Å². The number of hydrogen-bond acceptors (Lipinski definition) is 11. The van der Waals surface area contributed by atoms with Crippen molar-refractivity contribution in [3.05, 3.63) is 57.3 Å². The predicted molar refractivity (Wildman–Crippen MR) is 225 cm³/mol. The molecule has 1 aromatic carbocycles. The van der Waals surface area contributed by atoms with Crippen molar-refractivity contribution in [2.24, 2.45) is 15.8 Å². The minimum absolute atomic E-state index is 0.0160. The average molecular weight is 871 g/mol. The summed E-state index contributed by atoms with van der Waals surface area (Å²) in [5.74, 6) is 0.0758. The maximum absolute atomic E-state index is 13.2. The van der Waals surface area contributed by atoms with E-state index in [0.29, 0.717) is 22.2 Å². The van der Waals surface area contributed by atoms with Crippen LogP contribution in [0.25, 0.3) is 0 Å². The average Bonchev–Trinajstić information content (AvgIpc) is 3.44. The molecule has 14 nitrogen and oxygen atoms in total. The number of fused-ring (bicyclic) bond motifs is 1. The number of hydrogen-bond donors (Lipinski definition) is 4. The summed E-state index contributed by atoms with van der Waals surface area (Å²) >= 11 is 12.4. The molecule has 1 aromatic heterocycles. The quantitative estimate of drug-likeness (QED) is 0.0255. The largest absolute Gasteiger partial charge is 0.472 e. The molecule has 2 heterocycles. The number of ether oxygens (including phenoxy) is 3. The molecule has 17 heteroatoms. The smallest absolute Gasteiger partial charge is 0.385 e. The zero-order valence-corrected chi connectivity index (χ0v) is 36.3. The number of rotatable bonds is 30. The Morgan fingerprint density at radius 1 is 1.02 bits per heavy atom. The van der Waals surface area contributed by atoms with E-state index in [0.717, 1.165) is 19.3 Å². The number of phosphoric acid groups is 1. The van der Waals surface area contributed by atoms with Crippen molar-refractivity contribution in [3.8, 4) is 6.07 Å². The number of phosphoric ester groups is 1. The van der Waals surface area contributed by atoms with Crippen molar-refractivity contribution in [2.45, 2.75) is 152 Å². The summed E-state index contributed by atoms with van der Waals surface area (Å²) in [6.45, 7) is 5.91. The van der Waals surface area contributed by atoms with Crippen LogP contribution < -0.4 is 5.73 Å². The lowest BCUT2D eigenvalue weighted by Crippen LogP contribution is -2.47. The summed E-state index contributed by atoms with van der Waals surface area (Å²) in [6, 6.07) is 9.82. The molecular formula is C41H62Cl2N5O9P. The lowest BCUT2D eigenvalue weighted by atomic mass is 9.90. The lowest BCUT2D eigenvalue weighted by Gasteiger charge is -2.30. The standard InChI is InChI=1S/C41H62Cl2N5O9P/c1-4-5-6-7-8-9-10-11-12-13-14-15-16-17-18-19-24-53-27-32(54-26-30-20-21-31(42)25-33(30)43)28-55-58(51,52)57-37-36-41(37,50)39(49)40(29-44,56-36)35-23-22-34(38(45)46-2)48(35)47-3/h20-23,25,32,36-37,39,49-50H,3-19,24,26-28H2,1-2H3,(H2,45,46)(H,51,52)/t32-,36-,37?,39+,40+,41+/m1/s1. The highest BCUT2D eigenvalue weighted by Gasteiger charge is 2.83. The van der Waals surface area contributed by atoms with Crippen LogP contribution in [0.1, 0.15) is 127 Å². The van der Waals surface area contributed by atoms with Crippen LogP contribution in [0.4, 0.5) is 0 Å². The van der Waals surface area contributed by atoms with E-state index in [1.54, 1.807) is 18.2 Å². The van der Waals surface area contributed by atoms with E-state index >= 15 is 0 Å². The number of amidine groups is 1. The molecule has 1 saturated heterocycles. The number of nitrogens with zero attached hydrogens (tertiary/aromatic N) is 4. The fourth-order valence-electron chi connectivity index (χ4n) is 7.35. The molecule has 0 amide bonds. The summed E-state index contributed by atoms with van der Waals surface area (Å²) in [7, 11) is -3.42. The Balaban J connectivity index is 1.21.